The summed E-state index contributed by atoms with van der Waals surface area (Å²) in [6.07, 6.45) is 5.03. The summed E-state index contributed by atoms with van der Waals surface area (Å²) < 4.78 is 16.9. The third-order valence-electron chi connectivity index (χ3n) is 7.65. The van der Waals surface area contributed by atoms with E-state index in [2.05, 4.69) is 26.7 Å². The van der Waals surface area contributed by atoms with Crippen LogP contribution in [0.15, 0.2) is 36.4 Å². The maximum atomic E-state index is 12.4. The maximum absolute atomic E-state index is 12.4. The Morgan fingerprint density at radius 2 is 1.81 bits per heavy atom. The summed E-state index contributed by atoms with van der Waals surface area (Å²) in [6.45, 7) is 3.79. The number of hydrogen-bond acceptors (Lipinski definition) is 11. The highest BCUT2D eigenvalue weighted by molar-refractivity contribution is 5.67. The zero-order valence-electron chi connectivity index (χ0n) is 23.6. The minimum atomic E-state index is -0.576. The Labute approximate surface area is 242 Å². The first kappa shape index (κ1) is 28.2. The van der Waals surface area contributed by atoms with Crippen molar-refractivity contribution in [3.63, 3.8) is 0 Å². The second kappa shape index (κ2) is 10.9. The first-order valence-electron chi connectivity index (χ1n) is 13.2. The van der Waals surface area contributed by atoms with E-state index in [-0.39, 0.29) is 35.1 Å². The van der Waals surface area contributed by atoms with E-state index in [1.807, 2.05) is 32.0 Å². The molecule has 1 heterocycles. The molecule has 1 aromatic heterocycles. The average molecular weight is 568 g/mol. The number of methoxy groups -OCH3 is 2. The normalized spacial score (nSPS) is 20.0. The number of nitrogens with one attached hydrogen (secondary N) is 2. The lowest BCUT2D eigenvalue weighted by atomic mass is 9.40. The van der Waals surface area contributed by atoms with E-state index in [4.69, 9.17) is 19.5 Å². The highest BCUT2D eigenvalue weighted by Gasteiger charge is 2.69. The molecular formula is C30H29N7O5. The monoisotopic (exact) mass is 567 g/mol. The minimum Gasteiger partial charge on any atom is -0.497 e. The van der Waals surface area contributed by atoms with Crippen LogP contribution in [0.1, 0.15) is 41.5 Å². The van der Waals surface area contributed by atoms with Gasteiger partial charge in [-0.25, -0.2) is 0 Å². The minimum absolute atomic E-state index is 0.0316. The van der Waals surface area contributed by atoms with Gasteiger partial charge in [0, 0.05) is 29.8 Å². The van der Waals surface area contributed by atoms with Gasteiger partial charge in [-0.2, -0.15) is 20.5 Å². The molecule has 0 unspecified atom stereocenters. The van der Waals surface area contributed by atoms with E-state index in [9.17, 15) is 15.4 Å². The van der Waals surface area contributed by atoms with Crippen LogP contribution in [0.5, 0.6) is 23.1 Å². The molecule has 2 aromatic carbocycles. The van der Waals surface area contributed by atoms with Gasteiger partial charge in [0.2, 0.25) is 11.8 Å². The van der Waals surface area contributed by atoms with Gasteiger partial charge in [0.05, 0.1) is 36.7 Å². The summed E-state index contributed by atoms with van der Waals surface area (Å²) in [5, 5.41) is 37.1. The number of nitrogens with zero attached hydrogens (tertiary/aromatic N) is 5. The highest BCUT2D eigenvalue weighted by Crippen LogP contribution is 2.67. The number of allylic oxidation sites excluding steroid dienone is 1. The predicted octanol–water partition coefficient (Wildman–Crippen LogP) is 5.82. The summed E-state index contributed by atoms with van der Waals surface area (Å²) in [5.74, 6) is 1.47. The van der Waals surface area contributed by atoms with Crippen molar-refractivity contribution in [3.8, 4) is 35.3 Å². The van der Waals surface area contributed by atoms with Crippen LogP contribution >= 0.6 is 0 Å². The molecule has 0 amide bonds. The number of benzene rings is 2. The van der Waals surface area contributed by atoms with Gasteiger partial charge >= 0.3 is 11.6 Å². The van der Waals surface area contributed by atoms with Crippen LogP contribution < -0.4 is 24.8 Å². The van der Waals surface area contributed by atoms with Crippen LogP contribution in [0.25, 0.3) is 6.08 Å². The molecule has 0 spiro atoms. The number of anilines is 2. The van der Waals surface area contributed by atoms with Gasteiger partial charge in [0.1, 0.15) is 17.2 Å². The summed E-state index contributed by atoms with van der Waals surface area (Å²) in [5.41, 5.74) is 1.89. The van der Waals surface area contributed by atoms with Crippen molar-refractivity contribution in [1.29, 1.82) is 10.5 Å². The number of aryl methyl sites for hydroxylation is 2. The van der Waals surface area contributed by atoms with Gasteiger partial charge in [0.15, 0.2) is 0 Å². The predicted molar refractivity (Wildman–Crippen MR) is 154 cm³/mol. The molecule has 0 atom stereocenters. The standard InChI is InChI=1S/C30H29N7O5/c1-18-10-20(6-5-9-31)11-19(2)25(18)42-27-24(37(38)39)26(33-13-21-7-8-22(40-3)12-23(21)41-4)34-28(35-27)36-30-14-29(15-30,16-30)17-32/h5-8,10-12H,13-16H2,1-4H3,(H2,33,34,35,36)/b6-5+. The van der Waals surface area contributed by atoms with Gasteiger partial charge < -0.3 is 24.8 Å². The Kier molecular flexibility index (Phi) is 7.31. The van der Waals surface area contributed by atoms with E-state index >= 15 is 0 Å². The van der Waals surface area contributed by atoms with Crippen LogP contribution in [0.4, 0.5) is 17.5 Å². The molecule has 2 N–H and O–H groups in total. The van der Waals surface area contributed by atoms with Crippen molar-refractivity contribution < 1.29 is 19.1 Å². The summed E-state index contributed by atoms with van der Waals surface area (Å²) >= 11 is 0. The van der Waals surface area contributed by atoms with Gasteiger partial charge in [0.25, 0.3) is 0 Å². The van der Waals surface area contributed by atoms with Crippen molar-refractivity contribution in [3.05, 3.63) is 68.8 Å². The Balaban J connectivity index is 1.53. The number of ether oxygens (including phenoxy) is 3. The molecular weight excluding hydrogens is 538 g/mol. The molecule has 12 nitrogen and oxygen atoms in total. The van der Waals surface area contributed by atoms with Crippen LogP contribution in [0.3, 0.4) is 0 Å². The van der Waals surface area contributed by atoms with Crippen molar-refractivity contribution in [1.82, 2.24) is 9.97 Å². The number of hydrogen-bond donors (Lipinski definition) is 2. The van der Waals surface area contributed by atoms with Crippen molar-refractivity contribution in [2.45, 2.75) is 45.2 Å². The SMILES string of the molecule is COc1ccc(CNc2nc(NC34CC(C#N)(C3)C4)nc(Oc3c(C)cc(/C=C/C#N)cc3C)c2[N+](=O)[O-])c(OC)c1. The lowest BCUT2D eigenvalue weighted by molar-refractivity contribution is -0.385. The highest BCUT2D eigenvalue weighted by atomic mass is 16.6. The number of nitro groups is 1. The zero-order valence-corrected chi connectivity index (χ0v) is 23.6. The molecule has 3 aromatic rings. The fourth-order valence-electron chi connectivity index (χ4n) is 5.77. The number of nitriles is 2. The smallest absolute Gasteiger partial charge is 0.373 e. The van der Waals surface area contributed by atoms with Crippen LogP contribution in [-0.4, -0.2) is 34.6 Å². The Morgan fingerprint density at radius 1 is 1.10 bits per heavy atom. The summed E-state index contributed by atoms with van der Waals surface area (Å²) in [6, 6.07) is 13.3. The number of aromatic nitrogens is 2. The van der Waals surface area contributed by atoms with Crippen molar-refractivity contribution in [2.75, 3.05) is 24.9 Å². The first-order chi connectivity index (χ1) is 20.1. The molecule has 2 bridgehead atoms. The van der Waals surface area contributed by atoms with Gasteiger partial charge in [-0.05, 0) is 80.1 Å². The molecule has 214 valence electrons. The van der Waals surface area contributed by atoms with Crippen LogP contribution in [0, 0.1) is 52.0 Å². The van der Waals surface area contributed by atoms with E-state index in [1.165, 1.54) is 13.2 Å². The Hall–Kier alpha value is -5.36. The summed E-state index contributed by atoms with van der Waals surface area (Å²) in [7, 11) is 3.08. The number of rotatable bonds is 11. The second-order valence-electron chi connectivity index (χ2n) is 10.7. The lowest BCUT2D eigenvalue weighted by Crippen LogP contribution is -2.70. The summed E-state index contributed by atoms with van der Waals surface area (Å²) in [4.78, 5) is 20.8. The molecule has 42 heavy (non-hydrogen) atoms. The fourth-order valence-corrected chi connectivity index (χ4v) is 5.77. The quantitative estimate of drug-likeness (QED) is 0.163. The average Bonchev–Trinajstić information content (AvgIpc) is 2.93. The third-order valence-corrected chi connectivity index (χ3v) is 7.65. The van der Waals surface area contributed by atoms with E-state index < -0.39 is 10.6 Å². The molecule has 12 heteroatoms. The maximum Gasteiger partial charge on any atom is 0.373 e. The molecule has 3 saturated carbocycles. The van der Waals surface area contributed by atoms with E-state index in [0.717, 1.165) is 11.1 Å². The Morgan fingerprint density at radius 3 is 2.40 bits per heavy atom. The zero-order chi connectivity index (χ0) is 30.1. The molecule has 3 fully saturated rings. The van der Waals surface area contributed by atoms with Crippen molar-refractivity contribution >= 4 is 23.5 Å². The molecule has 3 aliphatic carbocycles. The molecule has 0 saturated heterocycles. The molecule has 0 aliphatic heterocycles. The topological polar surface area (TPSA) is 168 Å². The molecule has 3 aliphatic rings. The second-order valence-corrected chi connectivity index (χ2v) is 10.7. The Bertz CT molecular complexity index is 1650. The fraction of sp³-hybridized carbons (Fsp3) is 0.333. The van der Waals surface area contributed by atoms with E-state index in [1.54, 1.807) is 31.4 Å². The van der Waals surface area contributed by atoms with E-state index in [0.29, 0.717) is 47.6 Å². The molecule has 0 radical (unpaired) electrons. The third kappa shape index (κ3) is 5.22. The van der Waals surface area contributed by atoms with Crippen LogP contribution in [0.2, 0.25) is 0 Å². The largest absolute Gasteiger partial charge is 0.497 e. The van der Waals surface area contributed by atoms with Gasteiger partial charge in [-0.1, -0.05) is 0 Å². The molecule has 6 rings (SSSR count). The van der Waals surface area contributed by atoms with Crippen LogP contribution in [-0.2, 0) is 6.54 Å². The first-order valence-corrected chi connectivity index (χ1v) is 13.2. The lowest BCUT2D eigenvalue weighted by Gasteiger charge is -2.66. The van der Waals surface area contributed by atoms with Gasteiger partial charge in [-0.15, -0.1) is 0 Å². The van der Waals surface area contributed by atoms with Crippen molar-refractivity contribution in [2.24, 2.45) is 5.41 Å². The van der Waals surface area contributed by atoms with Gasteiger partial charge in [-0.3, -0.25) is 10.1 Å².